The van der Waals surface area contributed by atoms with Crippen molar-refractivity contribution >= 4 is 18.0 Å². The van der Waals surface area contributed by atoms with Crippen molar-refractivity contribution in [1.82, 2.24) is 10.2 Å². The summed E-state index contributed by atoms with van der Waals surface area (Å²) in [6.07, 6.45) is 0.756. The summed E-state index contributed by atoms with van der Waals surface area (Å²) in [4.78, 5) is 38.1. The van der Waals surface area contributed by atoms with Gasteiger partial charge in [-0.05, 0) is 41.5 Å². The average molecular weight is 422 g/mol. The van der Waals surface area contributed by atoms with Gasteiger partial charge in [-0.25, -0.2) is 9.59 Å². The van der Waals surface area contributed by atoms with Crippen molar-refractivity contribution < 1.29 is 24.2 Å². The van der Waals surface area contributed by atoms with E-state index in [4.69, 9.17) is 4.74 Å². The number of alkyl carbamates (subject to hydrolysis) is 1. The molecule has 0 spiro atoms. The number of likely N-dealkylation sites (tertiary alicyclic amines) is 1. The summed E-state index contributed by atoms with van der Waals surface area (Å²) in [5, 5.41) is 12.0. The molecule has 0 unspecified atom stereocenters. The molecule has 2 amide bonds. The monoisotopic (exact) mass is 422 g/mol. The molecular formula is C24H26N2O5. The number of carboxylic acids is 1. The number of aliphatic carboxylic acids is 1. The van der Waals surface area contributed by atoms with Crippen LogP contribution in [-0.2, 0) is 14.3 Å². The summed E-state index contributed by atoms with van der Waals surface area (Å²) in [6, 6.07) is 14.5. The first kappa shape index (κ1) is 20.9. The molecule has 2 aliphatic rings. The van der Waals surface area contributed by atoms with Crippen molar-refractivity contribution in [2.45, 2.75) is 44.2 Å². The Morgan fingerprint density at radius 3 is 2.29 bits per heavy atom. The van der Waals surface area contributed by atoms with Gasteiger partial charge >= 0.3 is 12.1 Å². The van der Waals surface area contributed by atoms with Crippen LogP contribution in [0.4, 0.5) is 4.79 Å². The first-order valence-corrected chi connectivity index (χ1v) is 10.7. The summed E-state index contributed by atoms with van der Waals surface area (Å²) in [6.45, 7) is 2.32. The number of rotatable bonds is 6. The van der Waals surface area contributed by atoms with Crippen LogP contribution in [0.1, 0.15) is 43.2 Å². The van der Waals surface area contributed by atoms with Gasteiger partial charge in [0.1, 0.15) is 18.7 Å². The van der Waals surface area contributed by atoms with Crippen LogP contribution in [0, 0.1) is 0 Å². The van der Waals surface area contributed by atoms with Gasteiger partial charge in [0.15, 0.2) is 0 Å². The Kier molecular flexibility index (Phi) is 5.93. The first-order valence-electron chi connectivity index (χ1n) is 10.7. The number of ether oxygens (including phenoxy) is 1. The molecular weight excluding hydrogens is 396 g/mol. The summed E-state index contributed by atoms with van der Waals surface area (Å²) in [5.41, 5.74) is 4.51. The van der Waals surface area contributed by atoms with Crippen LogP contribution < -0.4 is 5.32 Å². The maximum absolute atomic E-state index is 12.8. The molecule has 2 aromatic rings. The second-order valence-corrected chi connectivity index (χ2v) is 7.96. The minimum absolute atomic E-state index is 0.0658. The fourth-order valence-electron chi connectivity index (χ4n) is 4.61. The van der Waals surface area contributed by atoms with E-state index < -0.39 is 24.1 Å². The topological polar surface area (TPSA) is 95.9 Å². The zero-order valence-electron chi connectivity index (χ0n) is 17.4. The number of nitrogens with zero attached hydrogens (tertiary/aromatic N) is 1. The maximum Gasteiger partial charge on any atom is 0.407 e. The van der Waals surface area contributed by atoms with Crippen molar-refractivity contribution in [3.05, 3.63) is 59.7 Å². The molecule has 2 N–H and O–H groups in total. The van der Waals surface area contributed by atoms with Crippen LogP contribution in [0.2, 0.25) is 0 Å². The quantitative estimate of drug-likeness (QED) is 0.744. The zero-order valence-corrected chi connectivity index (χ0v) is 17.4. The smallest absolute Gasteiger partial charge is 0.407 e. The van der Waals surface area contributed by atoms with Gasteiger partial charge in [-0.2, -0.15) is 0 Å². The molecule has 1 saturated heterocycles. The lowest BCUT2D eigenvalue weighted by Gasteiger charge is -2.26. The Hall–Kier alpha value is -3.35. The molecule has 4 rings (SSSR count). The molecule has 0 aromatic heterocycles. The highest BCUT2D eigenvalue weighted by molar-refractivity contribution is 5.89. The predicted molar refractivity (Wildman–Crippen MR) is 115 cm³/mol. The van der Waals surface area contributed by atoms with Crippen LogP contribution in [0.3, 0.4) is 0 Å². The van der Waals surface area contributed by atoms with Crippen LogP contribution in [0.5, 0.6) is 0 Å². The van der Waals surface area contributed by atoms with Crippen molar-refractivity contribution in [2.75, 3.05) is 13.2 Å². The fourth-order valence-corrected chi connectivity index (χ4v) is 4.61. The molecule has 31 heavy (non-hydrogen) atoms. The lowest BCUT2D eigenvalue weighted by molar-refractivity contribution is -0.149. The molecule has 1 heterocycles. The van der Waals surface area contributed by atoms with E-state index in [1.54, 1.807) is 6.92 Å². The lowest BCUT2D eigenvalue weighted by atomic mass is 9.98. The standard InChI is InChI=1S/C24H26N2O5/c1-2-20(22(27)26-13-7-12-21(26)23(28)29)25-24(30)31-14-19-17-10-5-3-8-15(17)16-9-4-6-11-18(16)19/h3-6,8-11,19-21H,2,7,12-14H2,1H3,(H,25,30)(H,28,29)/t20-,21+/m0/s1. The number of fused-ring (bicyclic) bond motifs is 3. The Labute approximate surface area is 181 Å². The van der Waals surface area contributed by atoms with Crippen LogP contribution in [0.25, 0.3) is 11.1 Å². The van der Waals surface area contributed by atoms with Gasteiger partial charge in [0, 0.05) is 12.5 Å². The highest BCUT2D eigenvalue weighted by Gasteiger charge is 2.37. The van der Waals surface area contributed by atoms with E-state index in [0.717, 1.165) is 22.3 Å². The molecule has 162 valence electrons. The van der Waals surface area contributed by atoms with E-state index in [2.05, 4.69) is 17.4 Å². The molecule has 1 aliphatic carbocycles. The van der Waals surface area contributed by atoms with Gasteiger partial charge in [0.2, 0.25) is 5.91 Å². The largest absolute Gasteiger partial charge is 0.480 e. The minimum atomic E-state index is -1.01. The summed E-state index contributed by atoms with van der Waals surface area (Å²) < 4.78 is 5.52. The van der Waals surface area contributed by atoms with Gasteiger partial charge in [0.05, 0.1) is 0 Å². The van der Waals surface area contributed by atoms with Crippen molar-refractivity contribution in [3.63, 3.8) is 0 Å². The lowest BCUT2D eigenvalue weighted by Crippen LogP contribution is -2.51. The highest BCUT2D eigenvalue weighted by atomic mass is 16.5. The molecule has 0 radical (unpaired) electrons. The second kappa shape index (κ2) is 8.79. The molecule has 7 nitrogen and oxygen atoms in total. The molecule has 1 aliphatic heterocycles. The first-order chi connectivity index (χ1) is 15.0. The molecule has 1 fully saturated rings. The number of nitrogens with one attached hydrogen (secondary N) is 1. The number of carbonyl (C=O) groups is 3. The minimum Gasteiger partial charge on any atom is -0.480 e. The van der Waals surface area contributed by atoms with Crippen LogP contribution >= 0.6 is 0 Å². The Balaban J connectivity index is 1.41. The second-order valence-electron chi connectivity index (χ2n) is 7.96. The van der Waals surface area contributed by atoms with E-state index in [1.165, 1.54) is 4.90 Å². The van der Waals surface area contributed by atoms with Crippen molar-refractivity contribution in [3.8, 4) is 11.1 Å². The maximum atomic E-state index is 12.8. The summed E-state index contributed by atoms with van der Waals surface area (Å²) in [5.74, 6) is -1.45. The van der Waals surface area contributed by atoms with Crippen molar-refractivity contribution in [2.24, 2.45) is 0 Å². The van der Waals surface area contributed by atoms with E-state index in [-0.39, 0.29) is 18.4 Å². The van der Waals surface area contributed by atoms with E-state index in [1.807, 2.05) is 36.4 Å². The van der Waals surface area contributed by atoms with Crippen LogP contribution in [0.15, 0.2) is 48.5 Å². The molecule has 2 atom stereocenters. The van der Waals surface area contributed by atoms with E-state index in [0.29, 0.717) is 25.8 Å². The molecule has 0 saturated carbocycles. The third-order valence-corrected chi connectivity index (χ3v) is 6.16. The molecule has 2 aromatic carbocycles. The predicted octanol–water partition coefficient (Wildman–Crippen LogP) is 3.38. The molecule has 0 bridgehead atoms. The summed E-state index contributed by atoms with van der Waals surface area (Å²) in [7, 11) is 0. The zero-order chi connectivity index (χ0) is 22.0. The van der Waals surface area contributed by atoms with Gasteiger partial charge < -0.3 is 20.1 Å². The third-order valence-electron chi connectivity index (χ3n) is 6.16. The molecule has 7 heteroatoms. The van der Waals surface area contributed by atoms with Crippen molar-refractivity contribution in [1.29, 1.82) is 0 Å². The van der Waals surface area contributed by atoms with Gasteiger partial charge in [-0.15, -0.1) is 0 Å². The average Bonchev–Trinajstić information content (AvgIpc) is 3.39. The number of amides is 2. The Morgan fingerprint density at radius 1 is 1.10 bits per heavy atom. The number of benzene rings is 2. The Morgan fingerprint density at radius 2 is 1.71 bits per heavy atom. The van der Waals surface area contributed by atoms with E-state index in [9.17, 15) is 19.5 Å². The number of hydrogen-bond acceptors (Lipinski definition) is 4. The van der Waals surface area contributed by atoms with Gasteiger partial charge in [0.25, 0.3) is 0 Å². The van der Waals surface area contributed by atoms with Crippen LogP contribution in [-0.4, -0.2) is 53.2 Å². The highest BCUT2D eigenvalue weighted by Crippen LogP contribution is 2.44. The van der Waals surface area contributed by atoms with Gasteiger partial charge in [-0.3, -0.25) is 4.79 Å². The third kappa shape index (κ3) is 4.00. The number of carboxylic acid groups (broad SMARTS) is 1. The number of hydrogen-bond donors (Lipinski definition) is 2. The van der Waals surface area contributed by atoms with Gasteiger partial charge in [-0.1, -0.05) is 55.5 Å². The SMILES string of the molecule is CC[C@H](NC(=O)OCC1c2ccccc2-c2ccccc21)C(=O)N1CCC[C@@H]1C(=O)O. The summed E-state index contributed by atoms with van der Waals surface area (Å²) >= 11 is 0. The van der Waals surface area contributed by atoms with E-state index >= 15 is 0 Å². The number of carbonyl (C=O) groups excluding carboxylic acids is 2. The normalized spacial score (nSPS) is 18.2. The fraction of sp³-hybridized carbons (Fsp3) is 0.375. The Bertz CT molecular complexity index is 959.